The van der Waals surface area contributed by atoms with Crippen LogP contribution in [-0.4, -0.2) is 27.4 Å². The van der Waals surface area contributed by atoms with Gasteiger partial charge in [0.25, 0.3) is 0 Å². The standard InChI is InChI=1S/C16H19FN2O2S/c1-19(2)12-14-5-3-13(4-6-14)11-18-22(20,21)16-9-7-15(17)8-10-16/h3-10,18H,11-12H2,1-2H3. The summed E-state index contributed by atoms with van der Waals surface area (Å²) >= 11 is 0. The molecule has 0 heterocycles. The molecule has 2 rings (SSSR count). The van der Waals surface area contributed by atoms with Crippen LogP contribution in [0.15, 0.2) is 53.4 Å². The van der Waals surface area contributed by atoms with Gasteiger partial charge >= 0.3 is 0 Å². The summed E-state index contributed by atoms with van der Waals surface area (Å²) in [5, 5.41) is 0. The Morgan fingerprint density at radius 1 is 0.955 bits per heavy atom. The van der Waals surface area contributed by atoms with Crippen LogP contribution in [0.5, 0.6) is 0 Å². The van der Waals surface area contributed by atoms with Crippen LogP contribution < -0.4 is 4.72 Å². The van der Waals surface area contributed by atoms with E-state index < -0.39 is 15.8 Å². The summed E-state index contributed by atoms with van der Waals surface area (Å²) in [5.41, 5.74) is 2.03. The minimum absolute atomic E-state index is 0.0538. The van der Waals surface area contributed by atoms with Gasteiger partial charge in [-0.2, -0.15) is 0 Å². The molecule has 0 amide bonds. The number of rotatable bonds is 6. The molecule has 0 fully saturated rings. The molecule has 2 aromatic carbocycles. The number of sulfonamides is 1. The van der Waals surface area contributed by atoms with Crippen molar-refractivity contribution in [2.75, 3.05) is 14.1 Å². The van der Waals surface area contributed by atoms with Crippen molar-refractivity contribution in [2.24, 2.45) is 0 Å². The summed E-state index contributed by atoms with van der Waals surface area (Å²) in [6.45, 7) is 1.03. The van der Waals surface area contributed by atoms with Gasteiger partial charge in [-0.3, -0.25) is 0 Å². The third-order valence-corrected chi connectivity index (χ3v) is 4.53. The highest BCUT2D eigenvalue weighted by Gasteiger charge is 2.13. The Bertz CT molecular complexity index is 711. The lowest BCUT2D eigenvalue weighted by Crippen LogP contribution is -2.23. The van der Waals surface area contributed by atoms with Gasteiger partial charge < -0.3 is 4.90 Å². The molecular weight excluding hydrogens is 303 g/mol. The fourth-order valence-corrected chi connectivity index (χ4v) is 3.02. The summed E-state index contributed by atoms with van der Waals surface area (Å²) in [6, 6.07) is 12.5. The average molecular weight is 322 g/mol. The summed E-state index contributed by atoms with van der Waals surface area (Å²) in [7, 11) is 0.352. The van der Waals surface area contributed by atoms with Crippen LogP contribution in [0.2, 0.25) is 0 Å². The lowest BCUT2D eigenvalue weighted by molar-refractivity contribution is 0.402. The second kappa shape index (κ2) is 7.00. The fraction of sp³-hybridized carbons (Fsp3) is 0.250. The first-order valence-corrected chi connectivity index (χ1v) is 8.33. The lowest BCUT2D eigenvalue weighted by atomic mass is 10.1. The highest BCUT2D eigenvalue weighted by atomic mass is 32.2. The van der Waals surface area contributed by atoms with E-state index >= 15 is 0 Å². The third-order valence-electron chi connectivity index (χ3n) is 3.11. The van der Waals surface area contributed by atoms with Crippen molar-refractivity contribution < 1.29 is 12.8 Å². The predicted molar refractivity (Wildman–Crippen MR) is 84.3 cm³/mol. The maximum absolute atomic E-state index is 12.8. The van der Waals surface area contributed by atoms with Crippen LogP contribution in [0.1, 0.15) is 11.1 Å². The maximum Gasteiger partial charge on any atom is 0.240 e. The van der Waals surface area contributed by atoms with Crippen molar-refractivity contribution in [3.63, 3.8) is 0 Å². The van der Waals surface area contributed by atoms with E-state index in [4.69, 9.17) is 0 Å². The van der Waals surface area contributed by atoms with E-state index in [0.717, 1.165) is 29.8 Å². The quantitative estimate of drug-likeness (QED) is 0.888. The first kappa shape index (κ1) is 16.6. The van der Waals surface area contributed by atoms with E-state index in [0.29, 0.717) is 0 Å². The van der Waals surface area contributed by atoms with E-state index in [1.165, 1.54) is 12.1 Å². The molecule has 2 aromatic rings. The Morgan fingerprint density at radius 2 is 1.50 bits per heavy atom. The monoisotopic (exact) mass is 322 g/mol. The Labute approximate surface area is 130 Å². The molecule has 0 aliphatic heterocycles. The molecule has 0 radical (unpaired) electrons. The van der Waals surface area contributed by atoms with E-state index in [-0.39, 0.29) is 11.4 Å². The average Bonchev–Trinajstić information content (AvgIpc) is 2.46. The molecule has 0 atom stereocenters. The van der Waals surface area contributed by atoms with Crippen molar-refractivity contribution in [3.8, 4) is 0 Å². The minimum Gasteiger partial charge on any atom is -0.305 e. The van der Waals surface area contributed by atoms with E-state index in [9.17, 15) is 12.8 Å². The maximum atomic E-state index is 12.8. The summed E-state index contributed by atoms with van der Waals surface area (Å²) < 4.78 is 39.5. The van der Waals surface area contributed by atoms with Gasteiger partial charge in [-0.1, -0.05) is 24.3 Å². The number of hydrogen-bond acceptors (Lipinski definition) is 3. The van der Waals surface area contributed by atoms with Crippen LogP contribution in [0, 0.1) is 5.82 Å². The van der Waals surface area contributed by atoms with Crippen LogP contribution in [0.3, 0.4) is 0 Å². The van der Waals surface area contributed by atoms with Crippen LogP contribution in [0.25, 0.3) is 0 Å². The Kier molecular flexibility index (Phi) is 5.28. The van der Waals surface area contributed by atoms with Gasteiger partial charge in [-0.25, -0.2) is 17.5 Å². The van der Waals surface area contributed by atoms with Crippen molar-refractivity contribution in [2.45, 2.75) is 18.0 Å². The summed E-state index contributed by atoms with van der Waals surface area (Å²) in [4.78, 5) is 2.12. The largest absolute Gasteiger partial charge is 0.305 e. The molecule has 0 saturated heterocycles. The molecule has 0 aromatic heterocycles. The van der Waals surface area contributed by atoms with Crippen molar-refractivity contribution in [1.82, 2.24) is 9.62 Å². The summed E-state index contributed by atoms with van der Waals surface area (Å²) in [5.74, 6) is -0.463. The molecule has 4 nitrogen and oxygen atoms in total. The number of nitrogens with one attached hydrogen (secondary N) is 1. The van der Waals surface area contributed by atoms with Gasteiger partial charge in [0.15, 0.2) is 0 Å². The molecule has 6 heteroatoms. The molecule has 1 N–H and O–H groups in total. The first-order valence-electron chi connectivity index (χ1n) is 6.84. The van der Waals surface area contributed by atoms with E-state index in [1.54, 1.807) is 0 Å². The van der Waals surface area contributed by atoms with Crippen LogP contribution in [-0.2, 0) is 23.1 Å². The second-order valence-electron chi connectivity index (χ2n) is 5.33. The number of halogens is 1. The van der Waals surface area contributed by atoms with Gasteiger partial charge in [0.2, 0.25) is 10.0 Å². The van der Waals surface area contributed by atoms with E-state index in [1.807, 2.05) is 38.4 Å². The number of hydrogen-bond donors (Lipinski definition) is 1. The topological polar surface area (TPSA) is 49.4 Å². The zero-order valence-corrected chi connectivity index (χ0v) is 13.4. The van der Waals surface area contributed by atoms with E-state index in [2.05, 4.69) is 9.62 Å². The smallest absolute Gasteiger partial charge is 0.240 e. The highest BCUT2D eigenvalue weighted by molar-refractivity contribution is 7.89. The van der Waals surface area contributed by atoms with Crippen molar-refractivity contribution >= 4 is 10.0 Å². The zero-order valence-electron chi connectivity index (χ0n) is 12.6. The Balaban J connectivity index is 2.01. The fourth-order valence-electron chi connectivity index (χ4n) is 2.00. The van der Waals surface area contributed by atoms with Crippen molar-refractivity contribution in [3.05, 3.63) is 65.5 Å². The molecule has 0 aliphatic rings. The molecule has 0 unspecified atom stereocenters. The Hall–Kier alpha value is -1.76. The number of benzene rings is 2. The van der Waals surface area contributed by atoms with Crippen LogP contribution in [0.4, 0.5) is 4.39 Å². The van der Waals surface area contributed by atoms with Crippen LogP contribution >= 0.6 is 0 Å². The van der Waals surface area contributed by atoms with Crippen molar-refractivity contribution in [1.29, 1.82) is 0 Å². The minimum atomic E-state index is -3.63. The molecule has 0 aliphatic carbocycles. The third kappa shape index (κ3) is 4.62. The first-order chi connectivity index (χ1) is 10.4. The molecule has 0 spiro atoms. The lowest BCUT2D eigenvalue weighted by Gasteiger charge is -2.10. The molecule has 0 saturated carbocycles. The SMILES string of the molecule is CN(C)Cc1ccc(CNS(=O)(=O)c2ccc(F)cc2)cc1. The second-order valence-corrected chi connectivity index (χ2v) is 7.10. The van der Waals surface area contributed by atoms with Gasteiger partial charge in [-0.15, -0.1) is 0 Å². The molecule has 118 valence electrons. The van der Waals surface area contributed by atoms with Gasteiger partial charge in [-0.05, 0) is 49.5 Å². The molecular formula is C16H19FN2O2S. The molecule has 0 bridgehead atoms. The normalized spacial score (nSPS) is 11.8. The van der Waals surface area contributed by atoms with Gasteiger partial charge in [0.1, 0.15) is 5.82 Å². The summed E-state index contributed by atoms with van der Waals surface area (Å²) in [6.07, 6.45) is 0. The predicted octanol–water partition coefficient (Wildman–Crippen LogP) is 2.37. The van der Waals surface area contributed by atoms with Gasteiger partial charge in [0, 0.05) is 13.1 Å². The highest BCUT2D eigenvalue weighted by Crippen LogP contribution is 2.11. The van der Waals surface area contributed by atoms with Gasteiger partial charge in [0.05, 0.1) is 4.90 Å². The number of nitrogens with zero attached hydrogens (tertiary/aromatic N) is 1. The molecule has 22 heavy (non-hydrogen) atoms. The zero-order chi connectivity index (χ0) is 16.2. The Morgan fingerprint density at radius 3 is 2.05 bits per heavy atom.